The Bertz CT molecular complexity index is 542. The van der Waals surface area contributed by atoms with Crippen LogP contribution < -0.4 is 0 Å². The molecule has 2 saturated heterocycles. The molecule has 0 amide bonds. The van der Waals surface area contributed by atoms with Crippen LogP contribution in [0.1, 0.15) is 38.5 Å². The van der Waals surface area contributed by atoms with Gasteiger partial charge in [-0.2, -0.15) is 0 Å². The maximum atomic E-state index is 12.5. The smallest absolute Gasteiger partial charge is 0.309 e. The number of carbonyl (C=O) groups is 3. The van der Waals surface area contributed by atoms with Gasteiger partial charge in [-0.3, -0.25) is 14.4 Å². The van der Waals surface area contributed by atoms with Crippen molar-refractivity contribution >= 4 is 17.9 Å². The normalized spacial score (nSPS) is 34.9. The van der Waals surface area contributed by atoms with E-state index in [9.17, 15) is 14.4 Å². The molecule has 0 aromatic heterocycles. The molecule has 4 unspecified atom stereocenters. The molecule has 0 aromatic rings. The number of hydrogen-bond acceptors (Lipinski definition) is 8. The molecule has 27 heavy (non-hydrogen) atoms. The van der Waals surface area contributed by atoms with Crippen molar-refractivity contribution in [2.24, 2.45) is 17.8 Å². The number of epoxide rings is 2. The molecule has 2 aliphatic carbocycles. The summed E-state index contributed by atoms with van der Waals surface area (Å²) in [5.41, 5.74) is 0. The first-order valence-corrected chi connectivity index (χ1v) is 9.85. The lowest BCUT2D eigenvalue weighted by molar-refractivity contribution is -0.165. The van der Waals surface area contributed by atoms with Crippen molar-refractivity contribution in [2.75, 3.05) is 26.4 Å². The minimum absolute atomic E-state index is 0.0174. The summed E-state index contributed by atoms with van der Waals surface area (Å²) < 4.78 is 26.2. The number of hydrogen-bond donors (Lipinski definition) is 0. The Morgan fingerprint density at radius 2 is 1.19 bits per heavy atom. The Morgan fingerprint density at radius 1 is 0.741 bits per heavy atom. The van der Waals surface area contributed by atoms with E-state index in [0.717, 1.165) is 19.3 Å². The fraction of sp³-hybridized carbons (Fsp3) is 0.842. The molecule has 0 radical (unpaired) electrons. The Balaban J connectivity index is 1.35. The molecule has 2 heterocycles. The highest BCUT2D eigenvalue weighted by molar-refractivity contribution is 5.80. The third-order valence-corrected chi connectivity index (χ3v) is 5.67. The van der Waals surface area contributed by atoms with E-state index >= 15 is 0 Å². The molecule has 4 rings (SSSR count). The van der Waals surface area contributed by atoms with Crippen molar-refractivity contribution in [3.05, 3.63) is 0 Å². The molecule has 8 nitrogen and oxygen atoms in total. The molecular weight excluding hydrogens is 356 g/mol. The predicted octanol–water partition coefficient (Wildman–Crippen LogP) is 0.999. The Morgan fingerprint density at radius 3 is 1.56 bits per heavy atom. The van der Waals surface area contributed by atoms with Gasteiger partial charge in [0, 0.05) is 0 Å². The molecular formula is C19H26O8. The van der Waals surface area contributed by atoms with Gasteiger partial charge in [-0.25, -0.2) is 0 Å². The Kier molecular flexibility index (Phi) is 5.63. The van der Waals surface area contributed by atoms with Crippen LogP contribution in [0.3, 0.4) is 0 Å². The summed E-state index contributed by atoms with van der Waals surface area (Å²) >= 11 is 0. The standard InChI is InChI=1S/C19H26O8/c20-17(25-9-15-7-23-15)11-4-12(18(21)26-10-16-8-24-16)6-13(5-11)19(22)27-14-2-1-3-14/h11-16H,1-10H2. The van der Waals surface area contributed by atoms with Gasteiger partial charge >= 0.3 is 17.9 Å². The molecule has 8 heteroatoms. The van der Waals surface area contributed by atoms with Crippen molar-refractivity contribution in [1.82, 2.24) is 0 Å². The van der Waals surface area contributed by atoms with Gasteiger partial charge in [0.2, 0.25) is 0 Å². The summed E-state index contributed by atoms with van der Waals surface area (Å²) in [4.78, 5) is 37.4. The Hall–Kier alpha value is -1.67. The van der Waals surface area contributed by atoms with Crippen LogP contribution in [0, 0.1) is 17.8 Å². The van der Waals surface area contributed by atoms with Crippen LogP contribution in [0.25, 0.3) is 0 Å². The van der Waals surface area contributed by atoms with Crippen LogP contribution in [0.5, 0.6) is 0 Å². The molecule has 4 fully saturated rings. The second-order valence-electron chi connectivity index (χ2n) is 7.96. The summed E-state index contributed by atoms with van der Waals surface area (Å²) in [5, 5.41) is 0. The summed E-state index contributed by atoms with van der Waals surface area (Å²) in [7, 11) is 0. The van der Waals surface area contributed by atoms with E-state index < -0.39 is 17.8 Å². The van der Waals surface area contributed by atoms with E-state index in [1.807, 2.05) is 0 Å². The average Bonchev–Trinajstić information content (AvgIpc) is 3.54. The zero-order valence-electron chi connectivity index (χ0n) is 15.3. The molecule has 0 bridgehead atoms. The highest BCUT2D eigenvalue weighted by Gasteiger charge is 2.42. The largest absolute Gasteiger partial charge is 0.463 e. The third-order valence-electron chi connectivity index (χ3n) is 5.67. The molecule has 4 atom stereocenters. The van der Waals surface area contributed by atoms with Crippen LogP contribution in [-0.2, 0) is 38.1 Å². The fourth-order valence-electron chi connectivity index (χ4n) is 3.56. The fourth-order valence-corrected chi connectivity index (χ4v) is 3.56. The summed E-state index contributed by atoms with van der Waals surface area (Å²) in [6, 6.07) is 0. The topological polar surface area (TPSA) is 104 Å². The molecule has 2 saturated carbocycles. The lowest BCUT2D eigenvalue weighted by Gasteiger charge is -2.33. The first-order valence-electron chi connectivity index (χ1n) is 9.85. The van der Waals surface area contributed by atoms with Crippen LogP contribution in [0.2, 0.25) is 0 Å². The molecule has 0 spiro atoms. The number of carbonyl (C=O) groups excluding carboxylic acids is 3. The first-order chi connectivity index (χ1) is 13.1. The number of esters is 3. The summed E-state index contributed by atoms with van der Waals surface area (Å²) in [6.07, 6.45) is 3.83. The van der Waals surface area contributed by atoms with Crippen molar-refractivity contribution in [1.29, 1.82) is 0 Å². The SMILES string of the molecule is O=C(OCC1CO1)C1CC(C(=O)OCC2CO2)CC(C(=O)OC2CCC2)C1. The maximum absolute atomic E-state index is 12.5. The van der Waals surface area contributed by atoms with Crippen molar-refractivity contribution in [3.63, 3.8) is 0 Å². The van der Waals surface area contributed by atoms with E-state index in [2.05, 4.69) is 0 Å². The summed E-state index contributed by atoms with van der Waals surface area (Å²) in [6.45, 7) is 1.65. The second-order valence-corrected chi connectivity index (χ2v) is 7.96. The zero-order valence-corrected chi connectivity index (χ0v) is 15.3. The first kappa shape index (κ1) is 18.7. The van der Waals surface area contributed by atoms with E-state index in [0.29, 0.717) is 32.5 Å². The summed E-state index contributed by atoms with van der Waals surface area (Å²) in [5.74, 6) is -2.57. The minimum Gasteiger partial charge on any atom is -0.463 e. The van der Waals surface area contributed by atoms with Gasteiger partial charge in [0.05, 0.1) is 31.0 Å². The van der Waals surface area contributed by atoms with E-state index in [1.54, 1.807) is 0 Å². The maximum Gasteiger partial charge on any atom is 0.309 e. The average molecular weight is 382 g/mol. The third kappa shape index (κ3) is 5.19. The molecule has 150 valence electrons. The van der Waals surface area contributed by atoms with Crippen molar-refractivity contribution in [3.8, 4) is 0 Å². The lowest BCUT2D eigenvalue weighted by atomic mass is 9.75. The van der Waals surface area contributed by atoms with E-state index in [1.165, 1.54) is 0 Å². The quantitative estimate of drug-likeness (QED) is 0.348. The highest BCUT2D eigenvalue weighted by atomic mass is 16.6. The predicted molar refractivity (Wildman–Crippen MR) is 89.5 cm³/mol. The van der Waals surface area contributed by atoms with Crippen LogP contribution >= 0.6 is 0 Å². The monoisotopic (exact) mass is 382 g/mol. The van der Waals surface area contributed by atoms with Gasteiger partial charge in [-0.05, 0) is 38.5 Å². The van der Waals surface area contributed by atoms with Crippen LogP contribution in [0.15, 0.2) is 0 Å². The zero-order chi connectivity index (χ0) is 18.8. The van der Waals surface area contributed by atoms with Crippen LogP contribution in [-0.4, -0.2) is 62.6 Å². The van der Waals surface area contributed by atoms with Gasteiger partial charge in [-0.15, -0.1) is 0 Å². The van der Waals surface area contributed by atoms with Gasteiger partial charge in [-0.1, -0.05) is 0 Å². The van der Waals surface area contributed by atoms with Crippen molar-refractivity contribution < 1.29 is 38.1 Å². The molecule has 0 aromatic carbocycles. The number of rotatable bonds is 8. The molecule has 0 N–H and O–H groups in total. The van der Waals surface area contributed by atoms with E-state index in [4.69, 9.17) is 23.7 Å². The Labute approximate surface area is 157 Å². The van der Waals surface area contributed by atoms with Crippen LogP contribution in [0.4, 0.5) is 0 Å². The van der Waals surface area contributed by atoms with Gasteiger partial charge in [0.25, 0.3) is 0 Å². The van der Waals surface area contributed by atoms with Gasteiger partial charge in [0.15, 0.2) is 0 Å². The molecule has 2 aliphatic heterocycles. The minimum atomic E-state index is -0.508. The molecule has 4 aliphatic rings. The van der Waals surface area contributed by atoms with E-state index in [-0.39, 0.29) is 49.4 Å². The second kappa shape index (κ2) is 8.14. The highest BCUT2D eigenvalue weighted by Crippen LogP contribution is 2.37. The van der Waals surface area contributed by atoms with Gasteiger partial charge in [0.1, 0.15) is 31.5 Å². The lowest BCUT2D eigenvalue weighted by Crippen LogP contribution is -2.39. The van der Waals surface area contributed by atoms with Crippen molar-refractivity contribution in [2.45, 2.75) is 56.8 Å². The number of ether oxygens (including phenoxy) is 5. The van der Waals surface area contributed by atoms with Gasteiger partial charge < -0.3 is 23.7 Å².